The molecule has 0 aromatic heterocycles. The highest BCUT2D eigenvalue weighted by molar-refractivity contribution is 6.34. The molecule has 1 fully saturated rings. The predicted octanol–water partition coefficient (Wildman–Crippen LogP) is 3.10. The molecule has 106 valence electrons. The zero-order chi connectivity index (χ0) is 14.7. The van der Waals surface area contributed by atoms with Gasteiger partial charge in [-0.1, -0.05) is 30.1 Å². The van der Waals surface area contributed by atoms with Gasteiger partial charge in [0, 0.05) is 16.7 Å². The van der Waals surface area contributed by atoms with E-state index < -0.39 is 12.1 Å². The highest BCUT2D eigenvalue weighted by atomic mass is 35.5. The first-order chi connectivity index (χ1) is 9.51. The first-order valence-electron chi connectivity index (χ1n) is 6.29. The lowest BCUT2D eigenvalue weighted by Gasteiger charge is -2.18. The Hall–Kier alpha value is -1.28. The second kappa shape index (κ2) is 6.45. The molecule has 0 saturated carbocycles. The van der Waals surface area contributed by atoms with Crippen LogP contribution in [0.3, 0.4) is 0 Å². The van der Waals surface area contributed by atoms with E-state index in [1.807, 2.05) is 13.0 Å². The summed E-state index contributed by atoms with van der Waals surface area (Å²) in [5.74, 6) is -0.130. The van der Waals surface area contributed by atoms with E-state index in [1.54, 1.807) is 18.2 Å². The lowest BCUT2D eigenvalue weighted by atomic mass is 10.0. The van der Waals surface area contributed by atoms with Crippen molar-refractivity contribution in [3.63, 3.8) is 0 Å². The van der Waals surface area contributed by atoms with E-state index in [9.17, 15) is 10.1 Å². The molecule has 2 rings (SSSR count). The molecule has 0 aliphatic carbocycles. The third-order valence-corrected chi connectivity index (χ3v) is 3.72. The Bertz CT molecular complexity index is 536. The number of nitrogens with zero attached hydrogens (tertiary/aromatic N) is 1. The SMILES string of the molecule is C[C@@H]1CCO[C@@H]1C(=O)N[C@H](C#N)c1cc(Cl)cc(Cl)c1. The molecule has 1 saturated heterocycles. The molecule has 20 heavy (non-hydrogen) atoms. The zero-order valence-electron chi connectivity index (χ0n) is 10.9. The van der Waals surface area contributed by atoms with Gasteiger partial charge < -0.3 is 10.1 Å². The topological polar surface area (TPSA) is 62.1 Å². The van der Waals surface area contributed by atoms with Crippen molar-refractivity contribution in [2.24, 2.45) is 5.92 Å². The largest absolute Gasteiger partial charge is 0.368 e. The Kier molecular flexibility index (Phi) is 4.87. The molecule has 1 aromatic carbocycles. The summed E-state index contributed by atoms with van der Waals surface area (Å²) in [6.07, 6.45) is 0.346. The van der Waals surface area contributed by atoms with E-state index >= 15 is 0 Å². The predicted molar refractivity (Wildman–Crippen MR) is 76.5 cm³/mol. The number of halogens is 2. The van der Waals surface area contributed by atoms with E-state index in [2.05, 4.69) is 5.32 Å². The van der Waals surface area contributed by atoms with Crippen LogP contribution in [-0.4, -0.2) is 18.6 Å². The summed E-state index contributed by atoms with van der Waals surface area (Å²) >= 11 is 11.8. The van der Waals surface area contributed by atoms with Gasteiger partial charge in [0.1, 0.15) is 12.1 Å². The van der Waals surface area contributed by atoms with Crippen molar-refractivity contribution < 1.29 is 9.53 Å². The van der Waals surface area contributed by atoms with Crippen molar-refractivity contribution in [3.8, 4) is 6.07 Å². The Morgan fingerprint density at radius 1 is 1.45 bits per heavy atom. The molecule has 4 nitrogen and oxygen atoms in total. The number of carbonyl (C=O) groups is 1. The molecule has 3 atom stereocenters. The summed E-state index contributed by atoms with van der Waals surface area (Å²) in [4.78, 5) is 12.1. The molecule has 1 amide bonds. The summed E-state index contributed by atoms with van der Waals surface area (Å²) in [5, 5.41) is 12.7. The summed E-state index contributed by atoms with van der Waals surface area (Å²) in [7, 11) is 0. The van der Waals surface area contributed by atoms with Crippen LogP contribution in [0.2, 0.25) is 10.0 Å². The molecule has 6 heteroatoms. The van der Waals surface area contributed by atoms with Crippen LogP contribution < -0.4 is 5.32 Å². The molecule has 0 spiro atoms. The third kappa shape index (κ3) is 3.43. The minimum absolute atomic E-state index is 0.150. The van der Waals surface area contributed by atoms with E-state index in [-0.39, 0.29) is 11.8 Å². The van der Waals surface area contributed by atoms with E-state index in [0.29, 0.717) is 22.2 Å². The average Bonchev–Trinajstić information content (AvgIpc) is 2.80. The molecule has 1 aromatic rings. The van der Waals surface area contributed by atoms with Gasteiger partial charge in [-0.3, -0.25) is 4.79 Å². The van der Waals surface area contributed by atoms with Crippen molar-refractivity contribution in [1.82, 2.24) is 5.32 Å². The van der Waals surface area contributed by atoms with Crippen molar-refractivity contribution in [1.29, 1.82) is 5.26 Å². The normalized spacial score (nSPS) is 23.1. The number of hydrogen-bond donors (Lipinski definition) is 1. The maximum atomic E-state index is 12.1. The van der Waals surface area contributed by atoms with Crippen LogP contribution in [-0.2, 0) is 9.53 Å². The fourth-order valence-electron chi connectivity index (χ4n) is 2.19. The lowest BCUT2D eigenvalue weighted by Crippen LogP contribution is -2.39. The fraction of sp³-hybridized carbons (Fsp3) is 0.429. The van der Waals surface area contributed by atoms with Gasteiger partial charge in [0.2, 0.25) is 0 Å². The Labute approximate surface area is 127 Å². The number of amides is 1. The maximum absolute atomic E-state index is 12.1. The number of ether oxygens (including phenoxy) is 1. The first-order valence-corrected chi connectivity index (χ1v) is 7.04. The van der Waals surface area contributed by atoms with Crippen LogP contribution in [0, 0.1) is 17.2 Å². The van der Waals surface area contributed by atoms with Crippen LogP contribution in [0.5, 0.6) is 0 Å². The number of rotatable bonds is 3. The Balaban J connectivity index is 2.13. The second-order valence-electron chi connectivity index (χ2n) is 4.83. The first kappa shape index (κ1) is 15.1. The fourth-order valence-corrected chi connectivity index (χ4v) is 2.73. The highest BCUT2D eigenvalue weighted by Crippen LogP contribution is 2.25. The van der Waals surface area contributed by atoms with Gasteiger partial charge in [-0.25, -0.2) is 0 Å². The molecular weight excluding hydrogens is 299 g/mol. The Morgan fingerprint density at radius 2 is 2.10 bits per heavy atom. The second-order valence-corrected chi connectivity index (χ2v) is 5.70. The molecule has 0 unspecified atom stereocenters. The molecule has 0 radical (unpaired) electrons. The Morgan fingerprint density at radius 3 is 2.60 bits per heavy atom. The minimum atomic E-state index is -0.796. The number of nitriles is 1. The quantitative estimate of drug-likeness (QED) is 0.932. The zero-order valence-corrected chi connectivity index (χ0v) is 12.4. The summed E-state index contributed by atoms with van der Waals surface area (Å²) in [6, 6.07) is 6.04. The molecule has 0 bridgehead atoms. The summed E-state index contributed by atoms with van der Waals surface area (Å²) in [6.45, 7) is 2.52. The molecule has 1 N–H and O–H groups in total. The van der Waals surface area contributed by atoms with Crippen LogP contribution in [0.15, 0.2) is 18.2 Å². The van der Waals surface area contributed by atoms with Gasteiger partial charge in [-0.2, -0.15) is 5.26 Å². The van der Waals surface area contributed by atoms with Crippen molar-refractivity contribution in [2.45, 2.75) is 25.5 Å². The van der Waals surface area contributed by atoms with Gasteiger partial charge in [0.25, 0.3) is 5.91 Å². The van der Waals surface area contributed by atoms with E-state index in [0.717, 1.165) is 6.42 Å². The molecule has 1 heterocycles. The van der Waals surface area contributed by atoms with Gasteiger partial charge in [0.05, 0.1) is 6.07 Å². The van der Waals surface area contributed by atoms with Crippen LogP contribution in [0.4, 0.5) is 0 Å². The molecular formula is C14H14Cl2N2O2. The minimum Gasteiger partial charge on any atom is -0.368 e. The standard InChI is InChI=1S/C14H14Cl2N2O2/c1-8-2-3-20-13(8)14(19)18-12(7-17)9-4-10(15)6-11(16)5-9/h4-6,8,12-13H,2-3H2,1H3,(H,18,19)/t8-,12-,13+/m1/s1. The molecule has 1 aliphatic heterocycles. The lowest BCUT2D eigenvalue weighted by molar-refractivity contribution is -0.131. The number of benzene rings is 1. The number of nitrogens with one attached hydrogen (secondary N) is 1. The van der Waals surface area contributed by atoms with Gasteiger partial charge in [0.15, 0.2) is 0 Å². The number of carbonyl (C=O) groups excluding carboxylic acids is 1. The van der Waals surface area contributed by atoms with Crippen LogP contribution in [0.25, 0.3) is 0 Å². The van der Waals surface area contributed by atoms with E-state index in [1.165, 1.54) is 0 Å². The third-order valence-electron chi connectivity index (χ3n) is 3.28. The monoisotopic (exact) mass is 312 g/mol. The van der Waals surface area contributed by atoms with Gasteiger partial charge >= 0.3 is 0 Å². The van der Waals surface area contributed by atoms with E-state index in [4.69, 9.17) is 27.9 Å². The highest BCUT2D eigenvalue weighted by Gasteiger charge is 2.32. The van der Waals surface area contributed by atoms with Crippen molar-refractivity contribution in [2.75, 3.05) is 6.61 Å². The average molecular weight is 313 g/mol. The number of hydrogen-bond acceptors (Lipinski definition) is 3. The summed E-state index contributed by atoms with van der Waals surface area (Å²) < 4.78 is 5.38. The van der Waals surface area contributed by atoms with Gasteiger partial charge in [-0.05, 0) is 36.1 Å². The van der Waals surface area contributed by atoms with Gasteiger partial charge in [-0.15, -0.1) is 0 Å². The summed E-state index contributed by atoms with van der Waals surface area (Å²) in [5.41, 5.74) is 0.559. The van der Waals surface area contributed by atoms with Crippen molar-refractivity contribution >= 4 is 29.1 Å². The smallest absolute Gasteiger partial charge is 0.250 e. The van der Waals surface area contributed by atoms with Crippen LogP contribution in [0.1, 0.15) is 24.9 Å². The van der Waals surface area contributed by atoms with Crippen molar-refractivity contribution in [3.05, 3.63) is 33.8 Å². The van der Waals surface area contributed by atoms with Crippen LogP contribution >= 0.6 is 23.2 Å². The maximum Gasteiger partial charge on any atom is 0.250 e. The molecule has 1 aliphatic rings.